The van der Waals surface area contributed by atoms with Crippen molar-refractivity contribution in [3.63, 3.8) is 0 Å². The topological polar surface area (TPSA) is 55.4 Å². The molecule has 1 unspecified atom stereocenters. The van der Waals surface area contributed by atoms with Crippen molar-refractivity contribution in [1.82, 2.24) is 4.90 Å². The summed E-state index contributed by atoms with van der Waals surface area (Å²) in [5, 5.41) is 2.38. The zero-order valence-corrected chi connectivity index (χ0v) is 22.4. The van der Waals surface area contributed by atoms with E-state index in [1.807, 2.05) is 6.07 Å². The number of carbonyl (C=O) groups is 1. The predicted molar refractivity (Wildman–Crippen MR) is 145 cm³/mol. The molecule has 5 nitrogen and oxygen atoms in total. The van der Waals surface area contributed by atoms with E-state index in [-0.39, 0.29) is 11.3 Å². The van der Waals surface area contributed by atoms with Crippen molar-refractivity contribution < 1.29 is 19.6 Å². The van der Waals surface area contributed by atoms with Crippen LogP contribution in [-0.4, -0.2) is 50.2 Å². The fourth-order valence-electron chi connectivity index (χ4n) is 8.17. The van der Waals surface area contributed by atoms with E-state index in [1.54, 1.807) is 7.11 Å². The molecule has 1 amide bonds. The summed E-state index contributed by atoms with van der Waals surface area (Å²) in [4.78, 5) is 17.0. The molecule has 4 aliphatic rings. The van der Waals surface area contributed by atoms with Crippen LogP contribution in [0.2, 0.25) is 0 Å². The lowest BCUT2D eigenvalue weighted by Gasteiger charge is -2.46. The Bertz CT molecular complexity index is 1080. The van der Waals surface area contributed by atoms with Gasteiger partial charge in [-0.25, -0.2) is 0 Å². The number of quaternary nitrogens is 1. The van der Waals surface area contributed by atoms with E-state index in [0.717, 1.165) is 56.8 Å². The van der Waals surface area contributed by atoms with Crippen LogP contribution in [0.15, 0.2) is 48.5 Å². The first-order valence-electron chi connectivity index (χ1n) is 14.7. The molecule has 3 aliphatic heterocycles. The summed E-state index contributed by atoms with van der Waals surface area (Å²) in [6.45, 7) is 3.38. The summed E-state index contributed by atoms with van der Waals surface area (Å²) in [6.07, 6.45) is 10.6. The Morgan fingerprint density at radius 3 is 2.68 bits per heavy atom. The molecule has 5 heteroatoms. The van der Waals surface area contributed by atoms with Gasteiger partial charge in [0, 0.05) is 18.2 Å². The molecule has 37 heavy (non-hydrogen) atoms. The number of hydrogen-bond donors (Lipinski definition) is 1. The van der Waals surface area contributed by atoms with Crippen molar-refractivity contribution in [3.05, 3.63) is 59.7 Å². The fourth-order valence-corrected chi connectivity index (χ4v) is 8.17. The lowest BCUT2D eigenvalue weighted by Crippen LogP contribution is -2.82. The van der Waals surface area contributed by atoms with Gasteiger partial charge in [0.15, 0.2) is 11.5 Å². The van der Waals surface area contributed by atoms with Crippen molar-refractivity contribution in [1.29, 1.82) is 0 Å². The molecule has 0 aromatic heterocycles. The van der Waals surface area contributed by atoms with Gasteiger partial charge in [-0.05, 0) is 62.0 Å². The highest BCUT2D eigenvalue weighted by Gasteiger charge is 2.55. The second-order valence-corrected chi connectivity index (χ2v) is 11.9. The summed E-state index contributed by atoms with van der Waals surface area (Å²) in [5.41, 5.74) is 2.44. The molecular formula is C32H43N2O3+. The molecule has 1 saturated carbocycles. The summed E-state index contributed by atoms with van der Waals surface area (Å²) in [6, 6.07) is 17.6. The Labute approximate surface area is 221 Å². The van der Waals surface area contributed by atoms with Crippen LogP contribution in [0.3, 0.4) is 0 Å². The monoisotopic (exact) mass is 503 g/mol. The minimum atomic E-state index is -0.190. The Morgan fingerprint density at radius 2 is 1.86 bits per heavy atom. The van der Waals surface area contributed by atoms with Gasteiger partial charge < -0.3 is 19.7 Å². The minimum Gasteiger partial charge on any atom is -0.493 e. The first-order valence-corrected chi connectivity index (χ1v) is 14.7. The molecule has 2 saturated heterocycles. The number of amides is 1. The highest BCUT2D eigenvalue weighted by Crippen LogP contribution is 2.49. The number of benzene rings is 2. The lowest BCUT2D eigenvalue weighted by atomic mass is 9.68. The molecule has 4 atom stereocenters. The number of nitrogens with zero attached hydrogens (tertiary/aromatic N) is 1. The third-order valence-electron chi connectivity index (χ3n) is 10.0. The van der Waals surface area contributed by atoms with E-state index in [4.69, 9.17) is 9.47 Å². The summed E-state index contributed by atoms with van der Waals surface area (Å²) < 4.78 is 11.9. The number of piperidine rings is 1. The Hall–Kier alpha value is -2.53. The van der Waals surface area contributed by atoms with Crippen LogP contribution in [0.1, 0.15) is 74.8 Å². The van der Waals surface area contributed by atoms with Gasteiger partial charge in [0.2, 0.25) is 5.91 Å². The Balaban J connectivity index is 1.32. The van der Waals surface area contributed by atoms with Crippen LogP contribution in [0.5, 0.6) is 11.5 Å². The summed E-state index contributed by atoms with van der Waals surface area (Å²) >= 11 is 0. The average Bonchev–Trinajstić information content (AvgIpc) is 3.30. The molecule has 198 valence electrons. The molecule has 2 aromatic rings. The number of carbonyl (C=O) groups excluding carboxylic acids is 1. The van der Waals surface area contributed by atoms with Crippen LogP contribution in [-0.2, 0) is 10.2 Å². The first kappa shape index (κ1) is 24.8. The van der Waals surface area contributed by atoms with Gasteiger partial charge in [0.1, 0.15) is 5.92 Å². The smallest absolute Gasteiger partial charge is 0.232 e. The van der Waals surface area contributed by atoms with Crippen molar-refractivity contribution in [2.24, 2.45) is 11.8 Å². The molecule has 1 aliphatic carbocycles. The number of hydrogen-bond acceptors (Lipinski definition) is 3. The van der Waals surface area contributed by atoms with Gasteiger partial charge in [-0.2, -0.15) is 0 Å². The number of nitrogens with two attached hydrogens (primary N) is 1. The van der Waals surface area contributed by atoms with Crippen molar-refractivity contribution >= 4 is 5.91 Å². The van der Waals surface area contributed by atoms with E-state index in [1.165, 1.54) is 43.2 Å². The SMILES string of the molecule is COc1cccc2c1OCCC[C@]21C[NH2+]CC1C(=O)N1CC[C@@H](c2ccccc2)C[C@H]1C1CCCCC1. The van der Waals surface area contributed by atoms with Crippen LogP contribution in [0, 0.1) is 11.8 Å². The first-order chi connectivity index (χ1) is 18.2. The quantitative estimate of drug-likeness (QED) is 0.661. The molecule has 1 spiro atoms. The molecule has 2 N–H and O–H groups in total. The number of para-hydroxylation sites is 1. The third-order valence-corrected chi connectivity index (χ3v) is 10.0. The van der Waals surface area contributed by atoms with Gasteiger partial charge in [0.25, 0.3) is 0 Å². The van der Waals surface area contributed by atoms with Crippen molar-refractivity contribution in [2.45, 2.75) is 75.2 Å². The Morgan fingerprint density at radius 1 is 1.03 bits per heavy atom. The Kier molecular flexibility index (Phi) is 7.16. The second kappa shape index (κ2) is 10.7. The zero-order valence-electron chi connectivity index (χ0n) is 22.4. The van der Waals surface area contributed by atoms with E-state index < -0.39 is 0 Å². The number of likely N-dealkylation sites (tertiary alicyclic amines) is 1. The molecule has 3 heterocycles. The maximum Gasteiger partial charge on any atom is 0.232 e. The number of ether oxygens (including phenoxy) is 2. The fraction of sp³-hybridized carbons (Fsp3) is 0.594. The largest absolute Gasteiger partial charge is 0.493 e. The van der Waals surface area contributed by atoms with E-state index >= 15 is 0 Å². The van der Waals surface area contributed by atoms with Crippen molar-refractivity contribution in [3.8, 4) is 11.5 Å². The highest BCUT2D eigenvalue weighted by molar-refractivity contribution is 5.82. The van der Waals surface area contributed by atoms with Gasteiger partial charge in [-0.3, -0.25) is 4.79 Å². The normalized spacial score (nSPS) is 30.4. The number of methoxy groups -OCH3 is 1. The molecule has 6 rings (SSSR count). The van der Waals surface area contributed by atoms with Crippen LogP contribution in [0.4, 0.5) is 0 Å². The third kappa shape index (κ3) is 4.54. The van der Waals surface area contributed by atoms with Crippen molar-refractivity contribution in [2.75, 3.05) is 33.4 Å². The minimum absolute atomic E-state index is 0.0144. The number of fused-ring (bicyclic) bond motifs is 2. The highest BCUT2D eigenvalue weighted by atomic mass is 16.5. The zero-order chi connectivity index (χ0) is 25.2. The van der Waals surface area contributed by atoms with E-state index in [2.05, 4.69) is 52.7 Å². The predicted octanol–water partition coefficient (Wildman–Crippen LogP) is 4.65. The maximum atomic E-state index is 14.7. The second-order valence-electron chi connectivity index (χ2n) is 11.9. The van der Waals surface area contributed by atoms with E-state index in [0.29, 0.717) is 30.4 Å². The molecular weight excluding hydrogens is 460 g/mol. The van der Waals surface area contributed by atoms with Crippen LogP contribution < -0.4 is 14.8 Å². The van der Waals surface area contributed by atoms with Crippen LogP contribution >= 0.6 is 0 Å². The summed E-state index contributed by atoms with van der Waals surface area (Å²) in [7, 11) is 1.71. The van der Waals surface area contributed by atoms with Gasteiger partial charge in [-0.15, -0.1) is 0 Å². The van der Waals surface area contributed by atoms with Gasteiger partial charge >= 0.3 is 0 Å². The number of rotatable bonds is 4. The molecule has 0 bridgehead atoms. The lowest BCUT2D eigenvalue weighted by molar-refractivity contribution is -0.640. The average molecular weight is 504 g/mol. The molecule has 3 fully saturated rings. The standard InChI is InChI=1S/C32H42N2O3/c1-36-29-15-8-14-26-30(29)37-19-9-17-32(26)22-33-21-27(32)31(35)34-18-16-25(23-10-4-2-5-11-23)20-28(34)24-12-6-3-7-13-24/h2,4-5,8,10-11,14-15,24-25,27-28,33H,3,6-7,9,12-13,16-22H2,1H3/p+1/t25-,27?,28+,32+/m1/s1. The van der Waals surface area contributed by atoms with Gasteiger partial charge in [-0.1, -0.05) is 61.7 Å². The van der Waals surface area contributed by atoms with Crippen LogP contribution in [0.25, 0.3) is 0 Å². The van der Waals surface area contributed by atoms with Gasteiger partial charge in [0.05, 0.1) is 32.2 Å². The molecule has 2 aromatic carbocycles. The summed E-state index contributed by atoms with van der Waals surface area (Å²) in [5.74, 6) is 3.22. The maximum absolute atomic E-state index is 14.7. The van der Waals surface area contributed by atoms with E-state index in [9.17, 15) is 4.79 Å². The molecule has 0 radical (unpaired) electrons.